The number of pyridine rings is 1. The van der Waals surface area contributed by atoms with Gasteiger partial charge in [-0.05, 0) is 38.1 Å². The van der Waals surface area contributed by atoms with E-state index in [0.717, 1.165) is 23.0 Å². The van der Waals surface area contributed by atoms with Crippen LogP contribution in [0.4, 0.5) is 0 Å². The lowest BCUT2D eigenvalue weighted by molar-refractivity contribution is -0.123. The molecule has 0 saturated heterocycles. The predicted octanol–water partition coefficient (Wildman–Crippen LogP) is 2.73. The molecule has 0 aliphatic rings. The highest BCUT2D eigenvalue weighted by Gasteiger charge is 2.26. The van der Waals surface area contributed by atoms with Crippen LogP contribution in [-0.2, 0) is 11.2 Å². The number of aromatic nitrogens is 1. The zero-order valence-corrected chi connectivity index (χ0v) is 11.7. The van der Waals surface area contributed by atoms with Crippen LogP contribution < -0.4 is 5.32 Å². The number of nitrogens with zero attached hydrogens (tertiary/aromatic N) is 1. The molecule has 2 rings (SSSR count). The molecule has 1 N–H and O–H groups in total. The number of benzene rings is 1. The fourth-order valence-corrected chi connectivity index (χ4v) is 2.24. The molecule has 3 nitrogen and oxygen atoms in total. The Kier molecular flexibility index (Phi) is 3.96. The third-order valence-corrected chi connectivity index (χ3v) is 3.41. The van der Waals surface area contributed by atoms with Crippen LogP contribution in [0.25, 0.3) is 10.9 Å². The normalized spacial score (nSPS) is 11.7. The molecule has 0 amide bonds. The Morgan fingerprint density at radius 2 is 2.00 bits per heavy atom. The highest BCUT2D eigenvalue weighted by molar-refractivity contribution is 5.93. The van der Waals surface area contributed by atoms with Crippen LogP contribution >= 0.6 is 0 Å². The average molecular weight is 256 g/mol. The van der Waals surface area contributed by atoms with Crippen molar-refractivity contribution in [1.82, 2.24) is 10.3 Å². The summed E-state index contributed by atoms with van der Waals surface area (Å²) in [6.07, 6.45) is 2.20. The fourth-order valence-electron chi connectivity index (χ4n) is 2.24. The summed E-state index contributed by atoms with van der Waals surface area (Å²) in [6, 6.07) is 9.86. The Hall–Kier alpha value is -1.74. The van der Waals surface area contributed by atoms with Crippen LogP contribution in [0.3, 0.4) is 0 Å². The van der Waals surface area contributed by atoms with Crippen LogP contribution in [0, 0.1) is 0 Å². The summed E-state index contributed by atoms with van der Waals surface area (Å²) in [4.78, 5) is 16.7. The summed E-state index contributed by atoms with van der Waals surface area (Å²) < 4.78 is 0. The van der Waals surface area contributed by atoms with Gasteiger partial charge in [-0.25, -0.2) is 0 Å². The minimum absolute atomic E-state index is 0.200. The smallest absolute Gasteiger partial charge is 0.156 e. The maximum atomic E-state index is 12.4. The van der Waals surface area contributed by atoms with E-state index in [0.29, 0.717) is 6.42 Å². The zero-order valence-electron chi connectivity index (χ0n) is 11.7. The summed E-state index contributed by atoms with van der Waals surface area (Å²) in [5.41, 5.74) is 1.50. The third kappa shape index (κ3) is 2.99. The molecule has 2 aromatic rings. The summed E-state index contributed by atoms with van der Waals surface area (Å²) in [6.45, 7) is 6.66. The summed E-state index contributed by atoms with van der Waals surface area (Å²) in [5, 5.41) is 4.29. The Bertz CT molecular complexity index is 585. The number of likely N-dealkylation sites (N-methyl/N-ethyl adjacent to an activating group) is 1. The second-order valence-corrected chi connectivity index (χ2v) is 5.24. The van der Waals surface area contributed by atoms with Crippen LogP contribution in [-0.4, -0.2) is 22.9 Å². The first-order valence-corrected chi connectivity index (χ1v) is 6.65. The Morgan fingerprint density at radius 1 is 1.26 bits per heavy atom. The van der Waals surface area contributed by atoms with E-state index in [1.165, 1.54) is 0 Å². The average Bonchev–Trinajstić information content (AvgIpc) is 2.39. The molecule has 0 bridgehead atoms. The second-order valence-electron chi connectivity index (χ2n) is 5.24. The lowest BCUT2D eigenvalue weighted by atomic mass is 9.92. The van der Waals surface area contributed by atoms with E-state index < -0.39 is 5.54 Å². The van der Waals surface area contributed by atoms with E-state index in [1.807, 2.05) is 51.1 Å². The Labute approximate surface area is 114 Å². The van der Waals surface area contributed by atoms with Crippen molar-refractivity contribution in [3.8, 4) is 0 Å². The third-order valence-electron chi connectivity index (χ3n) is 3.41. The highest BCUT2D eigenvalue weighted by Crippen LogP contribution is 2.18. The number of nitrogens with one attached hydrogen (secondary N) is 1. The summed E-state index contributed by atoms with van der Waals surface area (Å²) in [7, 11) is 0. The predicted molar refractivity (Wildman–Crippen MR) is 78.2 cm³/mol. The van der Waals surface area contributed by atoms with Crippen LogP contribution in [0.5, 0.6) is 0 Å². The molecule has 0 aliphatic carbocycles. The number of rotatable bonds is 5. The van der Waals surface area contributed by atoms with Crippen molar-refractivity contribution in [3.63, 3.8) is 0 Å². The largest absolute Gasteiger partial charge is 0.306 e. The number of para-hydroxylation sites is 1. The van der Waals surface area contributed by atoms with Crippen LogP contribution in [0.2, 0.25) is 0 Å². The van der Waals surface area contributed by atoms with Gasteiger partial charge in [-0.15, -0.1) is 0 Å². The number of hydrogen-bond acceptors (Lipinski definition) is 3. The number of ketones is 1. The second kappa shape index (κ2) is 5.49. The lowest BCUT2D eigenvalue weighted by Gasteiger charge is -2.24. The first kappa shape index (κ1) is 13.7. The van der Waals surface area contributed by atoms with Gasteiger partial charge in [0, 0.05) is 18.0 Å². The molecule has 100 valence electrons. The molecule has 0 fully saturated rings. The van der Waals surface area contributed by atoms with Gasteiger partial charge in [0.05, 0.1) is 11.1 Å². The number of Topliss-reactive ketones (excluding diaryl/α,β-unsaturated/α-hetero) is 1. The molecule has 0 saturated carbocycles. The van der Waals surface area contributed by atoms with E-state index in [9.17, 15) is 4.79 Å². The molecular formula is C16H20N2O. The highest BCUT2D eigenvalue weighted by atomic mass is 16.1. The number of carbonyl (C=O) groups excluding carboxylic acids is 1. The van der Waals surface area contributed by atoms with Crippen molar-refractivity contribution in [3.05, 3.63) is 42.1 Å². The van der Waals surface area contributed by atoms with Gasteiger partial charge < -0.3 is 5.32 Å². The molecule has 1 aromatic heterocycles. The topological polar surface area (TPSA) is 42.0 Å². The van der Waals surface area contributed by atoms with Crippen LogP contribution in [0.15, 0.2) is 36.5 Å². The van der Waals surface area contributed by atoms with Crippen molar-refractivity contribution >= 4 is 16.7 Å². The quantitative estimate of drug-likeness (QED) is 0.894. The van der Waals surface area contributed by atoms with Gasteiger partial charge in [-0.2, -0.15) is 0 Å². The van der Waals surface area contributed by atoms with Gasteiger partial charge >= 0.3 is 0 Å². The molecule has 0 atom stereocenters. The molecule has 0 spiro atoms. The first-order valence-electron chi connectivity index (χ1n) is 6.65. The molecule has 19 heavy (non-hydrogen) atoms. The van der Waals surface area contributed by atoms with Crippen molar-refractivity contribution in [2.75, 3.05) is 6.54 Å². The van der Waals surface area contributed by atoms with Gasteiger partial charge in [0.25, 0.3) is 0 Å². The zero-order chi connectivity index (χ0) is 13.9. The van der Waals surface area contributed by atoms with E-state index >= 15 is 0 Å². The molecule has 1 heterocycles. The van der Waals surface area contributed by atoms with Gasteiger partial charge in [0.15, 0.2) is 5.78 Å². The Morgan fingerprint density at radius 3 is 2.74 bits per heavy atom. The molecular weight excluding hydrogens is 236 g/mol. The van der Waals surface area contributed by atoms with Gasteiger partial charge in [-0.1, -0.05) is 25.1 Å². The SMILES string of the molecule is CCNC(C)(C)C(=O)Cc1ccnc2ccccc12. The summed E-state index contributed by atoms with van der Waals surface area (Å²) >= 11 is 0. The van der Waals surface area contributed by atoms with Crippen LogP contribution in [0.1, 0.15) is 26.3 Å². The number of carbonyl (C=O) groups is 1. The molecule has 3 heteroatoms. The van der Waals surface area contributed by atoms with Crippen molar-refractivity contribution in [2.24, 2.45) is 0 Å². The van der Waals surface area contributed by atoms with Crippen molar-refractivity contribution in [1.29, 1.82) is 0 Å². The number of hydrogen-bond donors (Lipinski definition) is 1. The van der Waals surface area contributed by atoms with Gasteiger partial charge in [0.1, 0.15) is 0 Å². The van der Waals surface area contributed by atoms with Crippen molar-refractivity contribution < 1.29 is 4.79 Å². The van der Waals surface area contributed by atoms with Gasteiger partial charge in [0.2, 0.25) is 0 Å². The Balaban J connectivity index is 2.29. The molecule has 0 radical (unpaired) electrons. The standard InChI is InChI=1S/C16H20N2O/c1-4-18-16(2,3)15(19)11-12-9-10-17-14-8-6-5-7-13(12)14/h5-10,18H,4,11H2,1-3H3. The molecule has 0 aliphatic heterocycles. The minimum atomic E-state index is -0.487. The minimum Gasteiger partial charge on any atom is -0.306 e. The number of fused-ring (bicyclic) bond motifs is 1. The van der Waals surface area contributed by atoms with E-state index in [2.05, 4.69) is 10.3 Å². The monoisotopic (exact) mass is 256 g/mol. The molecule has 1 aromatic carbocycles. The summed E-state index contributed by atoms with van der Waals surface area (Å²) in [5.74, 6) is 0.200. The fraction of sp³-hybridized carbons (Fsp3) is 0.375. The molecule has 0 unspecified atom stereocenters. The maximum Gasteiger partial charge on any atom is 0.156 e. The lowest BCUT2D eigenvalue weighted by Crippen LogP contribution is -2.47. The van der Waals surface area contributed by atoms with E-state index in [4.69, 9.17) is 0 Å². The van der Waals surface area contributed by atoms with E-state index in [1.54, 1.807) is 6.20 Å². The van der Waals surface area contributed by atoms with E-state index in [-0.39, 0.29) is 5.78 Å². The van der Waals surface area contributed by atoms with Crippen molar-refractivity contribution in [2.45, 2.75) is 32.7 Å². The van der Waals surface area contributed by atoms with Gasteiger partial charge in [-0.3, -0.25) is 9.78 Å². The maximum absolute atomic E-state index is 12.4. The first-order chi connectivity index (χ1) is 9.04.